The molecule has 1 atom stereocenters. The molecule has 0 aliphatic carbocycles. The average Bonchev–Trinajstić information content (AvgIpc) is 2.66. The van der Waals surface area contributed by atoms with Crippen LogP contribution in [-0.4, -0.2) is 35.4 Å². The van der Waals surface area contributed by atoms with Gasteiger partial charge in [-0.2, -0.15) is 11.8 Å². The van der Waals surface area contributed by atoms with Crippen LogP contribution in [0.5, 0.6) is 0 Å². The van der Waals surface area contributed by atoms with E-state index in [-0.39, 0.29) is 43.2 Å². The molecule has 0 saturated carbocycles. The van der Waals surface area contributed by atoms with Gasteiger partial charge in [0.1, 0.15) is 0 Å². The van der Waals surface area contributed by atoms with Crippen LogP contribution in [0.2, 0.25) is 0 Å². The van der Waals surface area contributed by atoms with Gasteiger partial charge in [0, 0.05) is 49.3 Å². The molecule has 1 aliphatic heterocycles. The van der Waals surface area contributed by atoms with E-state index in [1.807, 2.05) is 49.0 Å². The zero-order chi connectivity index (χ0) is 18.4. The SMILES string of the molecule is Cc1ccc(CN2CCSCC2)cc1NC(=O)CC(N)c1ccccc1.Cl.Cl. The van der Waals surface area contributed by atoms with Crippen LogP contribution in [0.25, 0.3) is 0 Å². The Morgan fingerprint density at radius 2 is 1.82 bits per heavy atom. The topological polar surface area (TPSA) is 58.4 Å². The van der Waals surface area contributed by atoms with Gasteiger partial charge in [-0.05, 0) is 29.7 Å². The van der Waals surface area contributed by atoms with Crippen molar-refractivity contribution in [1.82, 2.24) is 4.90 Å². The predicted octanol–water partition coefficient (Wildman–Crippen LogP) is 4.42. The van der Waals surface area contributed by atoms with Gasteiger partial charge >= 0.3 is 0 Å². The highest BCUT2D eigenvalue weighted by molar-refractivity contribution is 7.99. The Bertz CT molecular complexity index is 740. The van der Waals surface area contributed by atoms with Gasteiger partial charge in [-0.15, -0.1) is 24.8 Å². The maximum Gasteiger partial charge on any atom is 0.226 e. The fourth-order valence-electron chi connectivity index (χ4n) is 3.14. The number of amides is 1. The Morgan fingerprint density at radius 1 is 1.14 bits per heavy atom. The summed E-state index contributed by atoms with van der Waals surface area (Å²) in [4.78, 5) is 14.9. The van der Waals surface area contributed by atoms with E-state index in [4.69, 9.17) is 5.73 Å². The maximum absolute atomic E-state index is 12.4. The molecule has 1 unspecified atom stereocenters. The summed E-state index contributed by atoms with van der Waals surface area (Å²) in [5.74, 6) is 2.36. The number of rotatable bonds is 6. The summed E-state index contributed by atoms with van der Waals surface area (Å²) < 4.78 is 0. The molecule has 0 aromatic heterocycles. The van der Waals surface area contributed by atoms with Crippen LogP contribution >= 0.6 is 36.6 Å². The van der Waals surface area contributed by atoms with Crippen molar-refractivity contribution in [2.75, 3.05) is 29.9 Å². The number of hydrogen-bond donors (Lipinski definition) is 2. The normalized spacial score (nSPS) is 15.1. The molecule has 4 nitrogen and oxygen atoms in total. The van der Waals surface area contributed by atoms with E-state index in [1.165, 1.54) is 17.1 Å². The third-order valence-electron chi connectivity index (χ3n) is 4.72. The number of carbonyl (C=O) groups is 1. The summed E-state index contributed by atoms with van der Waals surface area (Å²) in [6, 6.07) is 15.8. The molecule has 0 radical (unpaired) electrons. The molecular formula is C21H29Cl2N3OS. The molecule has 2 aromatic rings. The van der Waals surface area contributed by atoms with Crippen LogP contribution in [0.1, 0.15) is 29.2 Å². The summed E-state index contributed by atoms with van der Waals surface area (Å²) in [7, 11) is 0. The van der Waals surface area contributed by atoms with Crippen LogP contribution in [0, 0.1) is 6.92 Å². The molecule has 154 valence electrons. The molecule has 1 amide bonds. The first-order valence-corrected chi connectivity index (χ1v) is 10.3. The average molecular weight is 442 g/mol. The van der Waals surface area contributed by atoms with Crippen molar-refractivity contribution in [3.8, 4) is 0 Å². The number of hydrogen-bond acceptors (Lipinski definition) is 4. The van der Waals surface area contributed by atoms with Crippen LogP contribution < -0.4 is 11.1 Å². The zero-order valence-electron chi connectivity index (χ0n) is 16.1. The number of halogens is 2. The zero-order valence-corrected chi connectivity index (χ0v) is 18.5. The molecule has 1 heterocycles. The first-order valence-electron chi connectivity index (χ1n) is 9.12. The van der Waals surface area contributed by atoms with Crippen molar-refractivity contribution >= 4 is 48.2 Å². The Balaban J connectivity index is 0.00000196. The molecular weight excluding hydrogens is 413 g/mol. The Hall–Kier alpha value is -1.24. The van der Waals surface area contributed by atoms with E-state index in [0.717, 1.165) is 36.4 Å². The van der Waals surface area contributed by atoms with E-state index in [2.05, 4.69) is 28.4 Å². The standard InChI is InChI=1S/C21H27N3OS.2ClH/c1-16-7-8-17(15-24-9-11-26-12-10-24)13-20(16)23-21(25)14-19(22)18-5-3-2-4-6-18;;/h2-8,13,19H,9-12,14-15,22H2,1H3,(H,23,25);2*1H. The van der Waals surface area contributed by atoms with Gasteiger partial charge < -0.3 is 11.1 Å². The van der Waals surface area contributed by atoms with E-state index < -0.39 is 0 Å². The lowest BCUT2D eigenvalue weighted by atomic mass is 10.0. The number of nitrogens with zero attached hydrogens (tertiary/aromatic N) is 1. The van der Waals surface area contributed by atoms with Crippen LogP contribution in [0.15, 0.2) is 48.5 Å². The minimum Gasteiger partial charge on any atom is -0.326 e. The molecule has 1 aliphatic rings. The summed E-state index contributed by atoms with van der Waals surface area (Å²) in [5.41, 5.74) is 10.4. The third-order valence-corrected chi connectivity index (χ3v) is 5.66. The van der Waals surface area contributed by atoms with E-state index in [1.54, 1.807) is 0 Å². The van der Waals surface area contributed by atoms with Crippen molar-refractivity contribution < 1.29 is 4.79 Å². The molecule has 0 bridgehead atoms. The van der Waals surface area contributed by atoms with Crippen molar-refractivity contribution in [1.29, 1.82) is 0 Å². The van der Waals surface area contributed by atoms with Gasteiger partial charge in [0.15, 0.2) is 0 Å². The van der Waals surface area contributed by atoms with Crippen molar-refractivity contribution in [2.45, 2.75) is 25.9 Å². The fourth-order valence-corrected chi connectivity index (χ4v) is 4.12. The largest absolute Gasteiger partial charge is 0.326 e. The molecule has 0 spiro atoms. The van der Waals surface area contributed by atoms with Gasteiger partial charge in [0.2, 0.25) is 5.91 Å². The molecule has 3 rings (SSSR count). The van der Waals surface area contributed by atoms with Crippen LogP contribution in [0.4, 0.5) is 5.69 Å². The molecule has 3 N–H and O–H groups in total. The number of carbonyl (C=O) groups excluding carboxylic acids is 1. The Labute approximate surface area is 184 Å². The summed E-state index contributed by atoms with van der Waals surface area (Å²) in [6.07, 6.45) is 0.275. The van der Waals surface area contributed by atoms with Crippen LogP contribution in [-0.2, 0) is 11.3 Å². The van der Waals surface area contributed by atoms with Gasteiger partial charge in [-0.1, -0.05) is 42.5 Å². The quantitative estimate of drug-likeness (QED) is 0.696. The minimum atomic E-state index is -0.287. The molecule has 28 heavy (non-hydrogen) atoms. The number of benzene rings is 2. The molecule has 7 heteroatoms. The monoisotopic (exact) mass is 441 g/mol. The maximum atomic E-state index is 12.4. The van der Waals surface area contributed by atoms with E-state index >= 15 is 0 Å². The van der Waals surface area contributed by atoms with Crippen molar-refractivity contribution in [3.05, 3.63) is 65.2 Å². The second-order valence-electron chi connectivity index (χ2n) is 6.81. The number of anilines is 1. The fraction of sp³-hybridized carbons (Fsp3) is 0.381. The van der Waals surface area contributed by atoms with Gasteiger partial charge in [0.05, 0.1) is 0 Å². The second-order valence-corrected chi connectivity index (χ2v) is 8.03. The van der Waals surface area contributed by atoms with E-state index in [0.29, 0.717) is 0 Å². The summed E-state index contributed by atoms with van der Waals surface area (Å²) in [6.45, 7) is 5.22. The molecule has 2 aromatic carbocycles. The van der Waals surface area contributed by atoms with Crippen LogP contribution in [0.3, 0.4) is 0 Å². The van der Waals surface area contributed by atoms with Gasteiger partial charge in [-0.3, -0.25) is 9.69 Å². The highest BCUT2D eigenvalue weighted by atomic mass is 35.5. The third kappa shape index (κ3) is 7.30. The number of aryl methyl sites for hydroxylation is 1. The lowest BCUT2D eigenvalue weighted by Gasteiger charge is -2.26. The Kier molecular flexibility index (Phi) is 10.9. The molecule has 1 saturated heterocycles. The number of thioether (sulfide) groups is 1. The minimum absolute atomic E-state index is 0. The highest BCUT2D eigenvalue weighted by Gasteiger charge is 2.14. The first kappa shape index (κ1) is 24.8. The lowest BCUT2D eigenvalue weighted by molar-refractivity contribution is -0.116. The first-order chi connectivity index (χ1) is 12.6. The number of nitrogens with two attached hydrogens (primary N) is 1. The van der Waals surface area contributed by atoms with Gasteiger partial charge in [-0.25, -0.2) is 0 Å². The lowest BCUT2D eigenvalue weighted by Crippen LogP contribution is -2.32. The summed E-state index contributed by atoms with van der Waals surface area (Å²) in [5, 5.41) is 3.05. The van der Waals surface area contributed by atoms with E-state index in [9.17, 15) is 4.79 Å². The molecule has 1 fully saturated rings. The van der Waals surface area contributed by atoms with Crippen molar-refractivity contribution in [2.24, 2.45) is 5.73 Å². The number of nitrogens with one attached hydrogen (secondary N) is 1. The predicted molar refractivity (Wildman–Crippen MR) is 125 cm³/mol. The Morgan fingerprint density at radius 3 is 2.50 bits per heavy atom. The second kappa shape index (κ2) is 12.3. The smallest absolute Gasteiger partial charge is 0.226 e. The van der Waals surface area contributed by atoms with Gasteiger partial charge in [0.25, 0.3) is 0 Å². The highest BCUT2D eigenvalue weighted by Crippen LogP contribution is 2.21. The van der Waals surface area contributed by atoms with Crippen molar-refractivity contribution in [3.63, 3.8) is 0 Å². The summed E-state index contributed by atoms with van der Waals surface area (Å²) >= 11 is 2.02.